The van der Waals surface area contributed by atoms with Crippen LogP contribution in [0, 0.1) is 0 Å². The van der Waals surface area contributed by atoms with E-state index in [0.29, 0.717) is 29.0 Å². The number of fused-ring (bicyclic) bond motifs is 1. The number of nitrogens with zero attached hydrogens (tertiary/aromatic N) is 1. The largest absolute Gasteiger partial charge is 0.490 e. The summed E-state index contributed by atoms with van der Waals surface area (Å²) in [4.78, 5) is 15.7. The summed E-state index contributed by atoms with van der Waals surface area (Å²) in [6.45, 7) is 3.59. The van der Waals surface area contributed by atoms with Gasteiger partial charge in [0.25, 0.3) is 11.9 Å². The van der Waals surface area contributed by atoms with E-state index < -0.39 is 23.6 Å². The normalized spacial score (nSPS) is 27.5. The molecule has 3 unspecified atom stereocenters. The number of anilines is 1. The minimum atomic E-state index is -0.898. The monoisotopic (exact) mass is 423 g/mol. The second-order valence-electron chi connectivity index (χ2n) is 8.45. The maximum Gasteiger partial charge on any atom is 0.292 e. The van der Waals surface area contributed by atoms with E-state index in [1.54, 1.807) is 13.0 Å². The molecule has 1 aliphatic heterocycles. The Morgan fingerprint density at radius 2 is 2.10 bits per heavy atom. The number of ether oxygens (including phenoxy) is 2. The van der Waals surface area contributed by atoms with Gasteiger partial charge in [-0.05, 0) is 49.6 Å². The van der Waals surface area contributed by atoms with Crippen molar-refractivity contribution in [2.75, 3.05) is 5.73 Å². The van der Waals surface area contributed by atoms with Crippen LogP contribution >= 0.6 is 0 Å². The summed E-state index contributed by atoms with van der Waals surface area (Å²) in [5.41, 5.74) is 27.9. The zero-order valence-corrected chi connectivity index (χ0v) is 17.3. The van der Waals surface area contributed by atoms with E-state index in [1.165, 1.54) is 0 Å². The highest BCUT2D eigenvalue weighted by Crippen LogP contribution is 2.59. The molecule has 162 valence electrons. The molecule has 9 nitrogen and oxygen atoms in total. The first-order valence-corrected chi connectivity index (χ1v) is 10.2. The van der Waals surface area contributed by atoms with Crippen LogP contribution < -0.4 is 32.4 Å². The number of hydrogen-bond donors (Lipinski definition) is 4. The van der Waals surface area contributed by atoms with Crippen LogP contribution in [0.25, 0.3) is 11.1 Å². The highest BCUT2D eigenvalue weighted by atomic mass is 16.5. The zero-order chi connectivity index (χ0) is 22.1. The number of primary amides is 1. The Balaban J connectivity index is 1.64. The Labute approximate surface area is 178 Å². The molecule has 0 saturated heterocycles. The summed E-state index contributed by atoms with van der Waals surface area (Å²) in [6.07, 6.45) is -0.155. The Kier molecular flexibility index (Phi) is 4.18. The minimum absolute atomic E-state index is 0.0689. The second kappa shape index (κ2) is 6.60. The molecule has 1 aliphatic carbocycles. The summed E-state index contributed by atoms with van der Waals surface area (Å²) in [5, 5.41) is 0. The molecule has 5 rings (SSSR count). The van der Waals surface area contributed by atoms with Gasteiger partial charge in [-0.2, -0.15) is 4.98 Å². The Bertz CT molecular complexity index is 1210. The lowest BCUT2D eigenvalue weighted by Crippen LogP contribution is -2.48. The fraction of sp³-hybridized carbons (Fsp3) is 0.364. The number of carbonyl (C=O) groups is 1. The van der Waals surface area contributed by atoms with Crippen LogP contribution in [0.1, 0.15) is 48.9 Å². The van der Waals surface area contributed by atoms with Gasteiger partial charge in [-0.1, -0.05) is 6.07 Å². The summed E-state index contributed by atoms with van der Waals surface area (Å²) < 4.78 is 17.2. The van der Waals surface area contributed by atoms with Gasteiger partial charge in [0.15, 0.2) is 11.7 Å². The van der Waals surface area contributed by atoms with E-state index in [2.05, 4.69) is 4.98 Å². The van der Waals surface area contributed by atoms with Gasteiger partial charge in [0.05, 0.1) is 17.7 Å². The maximum atomic E-state index is 11.5. The number of aromatic nitrogens is 1. The van der Waals surface area contributed by atoms with Gasteiger partial charge >= 0.3 is 0 Å². The number of hydrogen-bond acceptors (Lipinski definition) is 8. The number of carbonyl (C=O) groups excluding carboxylic acids is 1. The fourth-order valence-electron chi connectivity index (χ4n) is 4.90. The topological polar surface area (TPSA) is 166 Å². The zero-order valence-electron chi connectivity index (χ0n) is 17.3. The first-order valence-electron chi connectivity index (χ1n) is 10.2. The average molecular weight is 423 g/mol. The molecule has 3 aromatic rings. The van der Waals surface area contributed by atoms with Crippen molar-refractivity contribution in [3.63, 3.8) is 0 Å². The van der Waals surface area contributed by atoms with Gasteiger partial charge in [-0.15, -0.1) is 0 Å². The van der Waals surface area contributed by atoms with Crippen molar-refractivity contribution in [3.8, 4) is 11.5 Å². The van der Waals surface area contributed by atoms with Crippen LogP contribution in [0.15, 0.2) is 34.7 Å². The highest BCUT2D eigenvalue weighted by molar-refractivity contribution is 5.79. The van der Waals surface area contributed by atoms with E-state index >= 15 is 0 Å². The third-order valence-electron chi connectivity index (χ3n) is 6.44. The van der Waals surface area contributed by atoms with Gasteiger partial charge in [0.2, 0.25) is 0 Å². The molecule has 2 aromatic carbocycles. The van der Waals surface area contributed by atoms with Crippen LogP contribution in [-0.2, 0) is 10.3 Å². The number of nitrogen functional groups attached to an aromatic ring is 1. The molecule has 5 atom stereocenters. The molecule has 0 bridgehead atoms. The number of rotatable bonds is 4. The van der Waals surface area contributed by atoms with Crippen LogP contribution in [-0.4, -0.2) is 23.1 Å². The predicted octanol–water partition coefficient (Wildman–Crippen LogP) is 1.78. The van der Waals surface area contributed by atoms with Crippen molar-refractivity contribution in [2.24, 2.45) is 17.2 Å². The van der Waals surface area contributed by atoms with Crippen molar-refractivity contribution in [3.05, 3.63) is 47.0 Å². The molecule has 1 amide bonds. The van der Waals surface area contributed by atoms with E-state index in [4.69, 9.17) is 36.8 Å². The van der Waals surface area contributed by atoms with E-state index in [1.807, 2.05) is 31.2 Å². The molecule has 2 aliphatic rings. The molecule has 0 fully saturated rings. The molecular weight excluding hydrogens is 398 g/mol. The second-order valence-corrected chi connectivity index (χ2v) is 8.45. The summed E-state index contributed by atoms with van der Waals surface area (Å²) in [7, 11) is 0. The minimum Gasteiger partial charge on any atom is -0.490 e. The Morgan fingerprint density at radius 3 is 2.84 bits per heavy atom. The summed E-state index contributed by atoms with van der Waals surface area (Å²) >= 11 is 0. The lowest BCUT2D eigenvalue weighted by Gasteiger charge is -2.39. The molecule has 8 N–H and O–H groups in total. The van der Waals surface area contributed by atoms with Crippen LogP contribution in [0.3, 0.4) is 0 Å². The van der Waals surface area contributed by atoms with Gasteiger partial charge in [-0.3, -0.25) is 4.79 Å². The number of amides is 1. The van der Waals surface area contributed by atoms with Crippen molar-refractivity contribution in [1.82, 2.24) is 4.98 Å². The SMILES string of the molecule is CC1CC2c3c(cc(O[C@@H](C)C(N)=O)cc3C(N)[C@@]2(N)c2ccc3oc(N)nc3c2)O1. The molecule has 1 aromatic heterocycles. The molecule has 0 spiro atoms. The molecule has 31 heavy (non-hydrogen) atoms. The number of benzene rings is 2. The highest BCUT2D eigenvalue weighted by Gasteiger charge is 2.54. The molecular formula is C22H25N5O4. The maximum absolute atomic E-state index is 11.5. The van der Waals surface area contributed by atoms with E-state index in [-0.39, 0.29) is 18.0 Å². The Morgan fingerprint density at radius 1 is 1.32 bits per heavy atom. The Hall–Kier alpha value is -3.30. The predicted molar refractivity (Wildman–Crippen MR) is 114 cm³/mol. The lowest BCUT2D eigenvalue weighted by molar-refractivity contribution is -0.123. The van der Waals surface area contributed by atoms with Crippen LogP contribution in [0.2, 0.25) is 0 Å². The van der Waals surface area contributed by atoms with E-state index in [9.17, 15) is 4.79 Å². The van der Waals surface area contributed by atoms with E-state index in [0.717, 1.165) is 16.7 Å². The fourth-order valence-corrected chi connectivity index (χ4v) is 4.90. The lowest BCUT2D eigenvalue weighted by atomic mass is 9.74. The molecule has 2 heterocycles. The van der Waals surface area contributed by atoms with Gasteiger partial charge in [-0.25, -0.2) is 0 Å². The third-order valence-corrected chi connectivity index (χ3v) is 6.44. The first-order chi connectivity index (χ1) is 14.7. The van der Waals surface area contributed by atoms with Crippen molar-refractivity contribution >= 4 is 23.0 Å². The molecule has 0 saturated carbocycles. The molecule has 0 radical (unpaired) electrons. The van der Waals surface area contributed by atoms with Crippen molar-refractivity contribution in [2.45, 2.75) is 50.0 Å². The summed E-state index contributed by atoms with van der Waals surface area (Å²) in [5.74, 6) is 0.509. The molecule has 9 heteroatoms. The van der Waals surface area contributed by atoms with Crippen LogP contribution in [0.5, 0.6) is 11.5 Å². The number of nitrogens with two attached hydrogens (primary N) is 4. The van der Waals surface area contributed by atoms with Crippen molar-refractivity contribution < 1.29 is 18.7 Å². The van der Waals surface area contributed by atoms with Crippen molar-refractivity contribution in [1.29, 1.82) is 0 Å². The van der Waals surface area contributed by atoms with Crippen LogP contribution in [0.4, 0.5) is 6.01 Å². The smallest absolute Gasteiger partial charge is 0.292 e. The van der Waals surface area contributed by atoms with Gasteiger partial charge in [0.1, 0.15) is 17.0 Å². The summed E-state index contributed by atoms with van der Waals surface area (Å²) in [6, 6.07) is 8.78. The average Bonchev–Trinajstić information content (AvgIpc) is 3.18. The van der Waals surface area contributed by atoms with Gasteiger partial charge in [0, 0.05) is 17.5 Å². The number of oxazole rings is 1. The quantitative estimate of drug-likeness (QED) is 0.493. The third kappa shape index (κ3) is 2.84. The van der Waals surface area contributed by atoms with Gasteiger partial charge < -0.3 is 36.8 Å². The standard InChI is InChI=1S/C22H25N5O4/c1-9-5-14-18-13(7-12(8-17(18)29-9)30-10(2)20(24)28)19(23)22(14,26)11-3-4-16-15(6-11)27-21(25)31-16/h3-4,6-10,14,19H,5,23,26H2,1-2H3,(H2,24,28)(H2,25,27)/t9?,10-,14?,19?,22+/m0/s1. The first kappa shape index (κ1) is 19.7.